The molecule has 3 heteroatoms. The van der Waals surface area contributed by atoms with E-state index in [2.05, 4.69) is 55.6 Å². The summed E-state index contributed by atoms with van der Waals surface area (Å²) in [6.45, 7) is 5.86. The van der Waals surface area contributed by atoms with E-state index in [-0.39, 0.29) is 6.10 Å². The zero-order chi connectivity index (χ0) is 19.6. The van der Waals surface area contributed by atoms with Crippen LogP contribution in [0, 0.1) is 5.92 Å². The normalized spacial score (nSPS) is 15.8. The van der Waals surface area contributed by atoms with E-state index >= 15 is 0 Å². The van der Waals surface area contributed by atoms with Gasteiger partial charge in [0.25, 0.3) is 0 Å². The van der Waals surface area contributed by atoms with E-state index in [1.54, 1.807) is 0 Å². The van der Waals surface area contributed by atoms with E-state index < -0.39 is 0 Å². The van der Waals surface area contributed by atoms with Gasteiger partial charge in [0.2, 0.25) is 0 Å². The van der Waals surface area contributed by atoms with Crippen LogP contribution >= 0.6 is 0 Å². The molecular weight excluding hydrogens is 346 g/mol. The molecule has 3 nitrogen and oxygen atoms in total. The van der Waals surface area contributed by atoms with Crippen LogP contribution < -0.4 is 14.8 Å². The molecule has 0 spiro atoms. The van der Waals surface area contributed by atoms with E-state index in [4.69, 9.17) is 9.47 Å². The monoisotopic (exact) mass is 381 g/mol. The molecule has 1 N–H and O–H groups in total. The van der Waals surface area contributed by atoms with Crippen molar-refractivity contribution >= 4 is 5.69 Å². The van der Waals surface area contributed by atoms with Crippen LogP contribution in [0.1, 0.15) is 64.4 Å². The number of ether oxygens (including phenoxy) is 2. The fourth-order valence-corrected chi connectivity index (χ4v) is 3.69. The average molecular weight is 382 g/mol. The first kappa shape index (κ1) is 20.6. The van der Waals surface area contributed by atoms with E-state index in [9.17, 15) is 0 Å². The maximum Gasteiger partial charge on any atom is 0.119 e. The first-order chi connectivity index (χ1) is 13.7. The predicted octanol–water partition coefficient (Wildman–Crippen LogP) is 6.83. The lowest BCUT2D eigenvalue weighted by atomic mass is 9.87. The molecule has 2 aromatic rings. The van der Waals surface area contributed by atoms with Gasteiger partial charge in [0.05, 0.1) is 12.7 Å². The van der Waals surface area contributed by atoms with Gasteiger partial charge in [-0.2, -0.15) is 0 Å². The highest BCUT2D eigenvalue weighted by atomic mass is 16.5. The van der Waals surface area contributed by atoms with Crippen LogP contribution in [0.5, 0.6) is 11.5 Å². The van der Waals surface area contributed by atoms with Crippen LogP contribution in [-0.4, -0.2) is 12.7 Å². The molecule has 3 rings (SSSR count). The zero-order valence-electron chi connectivity index (χ0n) is 17.5. The summed E-state index contributed by atoms with van der Waals surface area (Å²) in [6, 6.07) is 16.6. The second-order valence-corrected chi connectivity index (χ2v) is 8.00. The van der Waals surface area contributed by atoms with Crippen molar-refractivity contribution < 1.29 is 9.47 Å². The summed E-state index contributed by atoms with van der Waals surface area (Å²) >= 11 is 0. The lowest BCUT2D eigenvalue weighted by Gasteiger charge is -2.21. The molecule has 0 amide bonds. The zero-order valence-corrected chi connectivity index (χ0v) is 17.5. The van der Waals surface area contributed by atoms with Crippen LogP contribution in [0.25, 0.3) is 0 Å². The van der Waals surface area contributed by atoms with Crippen molar-refractivity contribution in [2.45, 2.75) is 71.4 Å². The first-order valence-corrected chi connectivity index (χ1v) is 10.9. The van der Waals surface area contributed by atoms with Crippen molar-refractivity contribution in [3.8, 4) is 11.5 Å². The SMILES string of the molecule is CCC(C)Oc1ccc(CNc2ccc(OCCC3CCCCC3)cc2)cc1. The third-order valence-electron chi connectivity index (χ3n) is 5.71. The number of benzene rings is 2. The summed E-state index contributed by atoms with van der Waals surface area (Å²) in [5.74, 6) is 2.78. The second kappa shape index (κ2) is 11.0. The van der Waals surface area contributed by atoms with Crippen LogP contribution in [0.4, 0.5) is 5.69 Å². The minimum Gasteiger partial charge on any atom is -0.494 e. The van der Waals surface area contributed by atoms with Crippen molar-refractivity contribution in [3.05, 3.63) is 54.1 Å². The van der Waals surface area contributed by atoms with Gasteiger partial charge in [-0.15, -0.1) is 0 Å². The maximum absolute atomic E-state index is 5.94. The fourth-order valence-electron chi connectivity index (χ4n) is 3.69. The Labute approximate surface area is 170 Å². The minimum atomic E-state index is 0.257. The van der Waals surface area contributed by atoms with Gasteiger partial charge in [-0.25, -0.2) is 0 Å². The summed E-state index contributed by atoms with van der Waals surface area (Å²) < 4.78 is 11.8. The van der Waals surface area contributed by atoms with Crippen molar-refractivity contribution in [1.82, 2.24) is 0 Å². The molecule has 1 fully saturated rings. The fraction of sp³-hybridized carbons (Fsp3) is 0.520. The van der Waals surface area contributed by atoms with Crippen LogP contribution in [0.15, 0.2) is 48.5 Å². The molecule has 0 saturated heterocycles. The molecule has 152 valence electrons. The molecule has 1 aliphatic carbocycles. The number of anilines is 1. The van der Waals surface area contributed by atoms with Gasteiger partial charge < -0.3 is 14.8 Å². The van der Waals surface area contributed by atoms with Gasteiger partial charge >= 0.3 is 0 Å². The molecule has 1 unspecified atom stereocenters. The Bertz CT molecular complexity index is 675. The third kappa shape index (κ3) is 6.78. The molecule has 0 heterocycles. The highest BCUT2D eigenvalue weighted by molar-refractivity contribution is 5.47. The first-order valence-electron chi connectivity index (χ1n) is 10.9. The van der Waals surface area contributed by atoms with Gasteiger partial charge in [-0.05, 0) is 67.6 Å². The molecule has 0 radical (unpaired) electrons. The largest absolute Gasteiger partial charge is 0.494 e. The molecule has 28 heavy (non-hydrogen) atoms. The Morgan fingerprint density at radius 2 is 1.61 bits per heavy atom. The van der Waals surface area contributed by atoms with Crippen LogP contribution in [-0.2, 0) is 6.54 Å². The van der Waals surface area contributed by atoms with E-state index in [0.29, 0.717) is 0 Å². The highest BCUT2D eigenvalue weighted by Crippen LogP contribution is 2.26. The standard InChI is InChI=1S/C25H35NO2/c1-3-20(2)28-25-13-9-22(10-14-25)19-26-23-11-15-24(16-12-23)27-18-17-21-7-5-4-6-8-21/h9-16,20-21,26H,3-8,17-19H2,1-2H3. The lowest BCUT2D eigenvalue weighted by Crippen LogP contribution is -2.10. The molecule has 1 atom stereocenters. The molecule has 2 aromatic carbocycles. The van der Waals surface area contributed by atoms with Crippen molar-refractivity contribution in [3.63, 3.8) is 0 Å². The quantitative estimate of drug-likeness (QED) is 0.489. The van der Waals surface area contributed by atoms with E-state index in [1.165, 1.54) is 44.1 Å². The minimum absolute atomic E-state index is 0.257. The van der Waals surface area contributed by atoms with Crippen molar-refractivity contribution in [2.24, 2.45) is 5.92 Å². The Hall–Kier alpha value is -2.16. The summed E-state index contributed by atoms with van der Waals surface area (Å²) in [5.41, 5.74) is 2.35. The summed E-state index contributed by atoms with van der Waals surface area (Å²) in [5, 5.41) is 3.47. The maximum atomic E-state index is 5.94. The van der Waals surface area contributed by atoms with E-state index in [1.807, 2.05) is 12.1 Å². The van der Waals surface area contributed by atoms with Gasteiger partial charge in [-0.3, -0.25) is 0 Å². The molecule has 1 aliphatic rings. The average Bonchev–Trinajstić information content (AvgIpc) is 2.75. The van der Waals surface area contributed by atoms with Gasteiger partial charge in [-0.1, -0.05) is 51.2 Å². The molecular formula is C25H35NO2. The number of rotatable bonds is 10. The van der Waals surface area contributed by atoms with Crippen molar-refractivity contribution in [1.29, 1.82) is 0 Å². The Balaban J connectivity index is 1.39. The lowest BCUT2D eigenvalue weighted by molar-refractivity contribution is 0.217. The molecule has 1 saturated carbocycles. The highest BCUT2D eigenvalue weighted by Gasteiger charge is 2.13. The molecule has 0 aromatic heterocycles. The second-order valence-electron chi connectivity index (χ2n) is 8.00. The Kier molecular flexibility index (Phi) is 8.07. The summed E-state index contributed by atoms with van der Waals surface area (Å²) in [7, 11) is 0. The van der Waals surface area contributed by atoms with Crippen molar-refractivity contribution in [2.75, 3.05) is 11.9 Å². The number of hydrogen-bond donors (Lipinski definition) is 1. The van der Waals surface area contributed by atoms with Gasteiger partial charge in [0.1, 0.15) is 11.5 Å². The summed E-state index contributed by atoms with van der Waals surface area (Å²) in [6.07, 6.45) is 9.46. The topological polar surface area (TPSA) is 30.5 Å². The van der Waals surface area contributed by atoms with Gasteiger partial charge in [0, 0.05) is 12.2 Å². The van der Waals surface area contributed by atoms with Crippen LogP contribution in [0.3, 0.4) is 0 Å². The molecule has 0 aliphatic heterocycles. The van der Waals surface area contributed by atoms with Gasteiger partial charge in [0.15, 0.2) is 0 Å². The third-order valence-corrected chi connectivity index (χ3v) is 5.71. The summed E-state index contributed by atoms with van der Waals surface area (Å²) in [4.78, 5) is 0. The Morgan fingerprint density at radius 3 is 2.29 bits per heavy atom. The van der Waals surface area contributed by atoms with Crippen LogP contribution in [0.2, 0.25) is 0 Å². The van der Waals surface area contributed by atoms with E-state index in [0.717, 1.165) is 42.7 Å². The Morgan fingerprint density at radius 1 is 0.929 bits per heavy atom. The smallest absolute Gasteiger partial charge is 0.119 e. The molecule has 0 bridgehead atoms. The predicted molar refractivity (Wildman–Crippen MR) is 117 cm³/mol. The number of nitrogens with one attached hydrogen (secondary N) is 1. The number of hydrogen-bond acceptors (Lipinski definition) is 3.